The fourth-order valence-electron chi connectivity index (χ4n) is 1.30. The summed E-state index contributed by atoms with van der Waals surface area (Å²) in [6, 6.07) is 6.64. The van der Waals surface area contributed by atoms with Gasteiger partial charge in [-0.25, -0.2) is 0 Å². The molecule has 0 aliphatic rings. The quantitative estimate of drug-likeness (QED) is 0.552. The average molecular weight is 289 g/mol. The molecular formula is C11H19N3O4S. The van der Waals surface area contributed by atoms with Crippen LogP contribution in [0.25, 0.3) is 0 Å². The summed E-state index contributed by atoms with van der Waals surface area (Å²) in [4.78, 5) is 0. The first-order chi connectivity index (χ1) is 9.07. The minimum absolute atomic E-state index is 0.204. The molecule has 0 saturated heterocycles. The van der Waals surface area contributed by atoms with Crippen molar-refractivity contribution in [1.82, 2.24) is 4.72 Å². The van der Waals surface area contributed by atoms with E-state index in [9.17, 15) is 8.42 Å². The number of rotatable bonds is 9. The number of anilines is 1. The van der Waals surface area contributed by atoms with Crippen molar-refractivity contribution in [3.05, 3.63) is 24.3 Å². The molecular weight excluding hydrogens is 270 g/mol. The molecule has 0 unspecified atom stereocenters. The van der Waals surface area contributed by atoms with Gasteiger partial charge in [0, 0.05) is 26.3 Å². The molecule has 108 valence electrons. The van der Waals surface area contributed by atoms with E-state index in [1.807, 2.05) is 0 Å². The molecule has 0 amide bonds. The Balaban J connectivity index is 2.60. The second-order valence-corrected chi connectivity index (χ2v) is 5.16. The number of hydrogen-bond acceptors (Lipinski definition) is 5. The summed E-state index contributed by atoms with van der Waals surface area (Å²) in [6.07, 6.45) is 0. The minimum Gasteiger partial charge on any atom is -0.492 e. The predicted octanol–water partition coefficient (Wildman–Crippen LogP) is -0.0832. The molecule has 0 saturated carbocycles. The average Bonchev–Trinajstić information content (AvgIpc) is 2.36. The van der Waals surface area contributed by atoms with Gasteiger partial charge in [-0.2, -0.15) is 13.1 Å². The zero-order valence-corrected chi connectivity index (χ0v) is 11.6. The van der Waals surface area contributed by atoms with Crippen LogP contribution in [0.4, 0.5) is 5.69 Å². The molecule has 0 aliphatic carbocycles. The zero-order chi connectivity index (χ0) is 14.1. The van der Waals surface area contributed by atoms with Crippen molar-refractivity contribution in [2.45, 2.75) is 0 Å². The van der Waals surface area contributed by atoms with E-state index in [4.69, 9.17) is 15.2 Å². The number of nitrogens with one attached hydrogen (secondary N) is 2. The summed E-state index contributed by atoms with van der Waals surface area (Å²) in [6.45, 7) is 1.28. The molecule has 8 heteroatoms. The molecule has 1 aromatic carbocycles. The summed E-state index contributed by atoms with van der Waals surface area (Å²) >= 11 is 0. The topological polar surface area (TPSA) is 103 Å². The summed E-state index contributed by atoms with van der Waals surface area (Å²) in [5.41, 5.74) is 5.74. The van der Waals surface area contributed by atoms with Gasteiger partial charge in [0.25, 0.3) is 10.2 Å². The van der Waals surface area contributed by atoms with Crippen LogP contribution in [0.2, 0.25) is 0 Å². The van der Waals surface area contributed by atoms with Crippen LogP contribution < -0.4 is 19.9 Å². The molecule has 0 bridgehead atoms. The normalized spacial score (nSPS) is 11.3. The SMILES string of the molecule is COCCNS(=O)(=O)Nc1cccc(OCCN)c1. The maximum absolute atomic E-state index is 11.7. The fourth-order valence-corrected chi connectivity index (χ4v) is 2.16. The van der Waals surface area contributed by atoms with Crippen molar-refractivity contribution in [2.24, 2.45) is 5.73 Å². The van der Waals surface area contributed by atoms with Crippen LogP contribution in [0.5, 0.6) is 5.75 Å². The summed E-state index contributed by atoms with van der Waals surface area (Å²) in [7, 11) is -2.10. The largest absolute Gasteiger partial charge is 0.492 e. The Hall–Kier alpha value is -1.35. The van der Waals surface area contributed by atoms with Crippen LogP contribution >= 0.6 is 0 Å². The lowest BCUT2D eigenvalue weighted by molar-refractivity contribution is 0.204. The molecule has 0 aromatic heterocycles. The molecule has 0 atom stereocenters. The maximum Gasteiger partial charge on any atom is 0.299 e. The van der Waals surface area contributed by atoms with Gasteiger partial charge < -0.3 is 15.2 Å². The standard InChI is InChI=1S/C11H19N3O4S/c1-17-8-6-13-19(15,16)14-10-3-2-4-11(9-10)18-7-5-12/h2-4,9,13-14H,5-8,12H2,1H3. The molecule has 7 nitrogen and oxygen atoms in total. The highest BCUT2D eigenvalue weighted by atomic mass is 32.2. The number of methoxy groups -OCH3 is 1. The van der Waals surface area contributed by atoms with Gasteiger partial charge in [-0.15, -0.1) is 0 Å². The first kappa shape index (κ1) is 15.7. The van der Waals surface area contributed by atoms with Crippen molar-refractivity contribution in [1.29, 1.82) is 0 Å². The van der Waals surface area contributed by atoms with Crippen molar-refractivity contribution in [3.8, 4) is 5.75 Å². The van der Waals surface area contributed by atoms with Crippen LogP contribution in [0.15, 0.2) is 24.3 Å². The third-order valence-electron chi connectivity index (χ3n) is 2.07. The lowest BCUT2D eigenvalue weighted by atomic mass is 10.3. The van der Waals surface area contributed by atoms with E-state index in [1.54, 1.807) is 24.3 Å². The minimum atomic E-state index is -3.60. The van der Waals surface area contributed by atoms with Gasteiger partial charge in [0.2, 0.25) is 0 Å². The second-order valence-electron chi connectivity index (χ2n) is 3.66. The van der Waals surface area contributed by atoms with Crippen LogP contribution in [0, 0.1) is 0 Å². The monoisotopic (exact) mass is 289 g/mol. The number of ether oxygens (including phenoxy) is 2. The van der Waals surface area contributed by atoms with E-state index >= 15 is 0 Å². The molecule has 1 aromatic rings. The van der Waals surface area contributed by atoms with Gasteiger partial charge in [-0.05, 0) is 12.1 Å². The zero-order valence-electron chi connectivity index (χ0n) is 10.8. The molecule has 19 heavy (non-hydrogen) atoms. The number of hydrogen-bond donors (Lipinski definition) is 3. The lowest BCUT2D eigenvalue weighted by Crippen LogP contribution is -2.32. The van der Waals surface area contributed by atoms with Crippen molar-refractivity contribution in [2.75, 3.05) is 38.1 Å². The summed E-state index contributed by atoms with van der Waals surface area (Å²) in [5.74, 6) is 0.558. The summed E-state index contributed by atoms with van der Waals surface area (Å²) in [5, 5.41) is 0. The van der Waals surface area contributed by atoms with E-state index in [2.05, 4.69) is 9.44 Å². The Morgan fingerprint density at radius 1 is 1.32 bits per heavy atom. The van der Waals surface area contributed by atoms with Gasteiger partial charge in [-0.3, -0.25) is 4.72 Å². The maximum atomic E-state index is 11.7. The molecule has 4 N–H and O–H groups in total. The van der Waals surface area contributed by atoms with E-state index in [-0.39, 0.29) is 6.54 Å². The van der Waals surface area contributed by atoms with Gasteiger partial charge in [0.15, 0.2) is 0 Å². The summed E-state index contributed by atoms with van der Waals surface area (Å²) < 4.78 is 38.1. The Labute approximate surface area is 113 Å². The van der Waals surface area contributed by atoms with Crippen molar-refractivity contribution in [3.63, 3.8) is 0 Å². The van der Waals surface area contributed by atoms with E-state index < -0.39 is 10.2 Å². The third-order valence-corrected chi connectivity index (χ3v) is 3.16. The van der Waals surface area contributed by atoms with Crippen molar-refractivity contribution >= 4 is 15.9 Å². The van der Waals surface area contributed by atoms with Crippen LogP contribution in [0.3, 0.4) is 0 Å². The van der Waals surface area contributed by atoms with Gasteiger partial charge in [-0.1, -0.05) is 6.07 Å². The highest BCUT2D eigenvalue weighted by Gasteiger charge is 2.09. The van der Waals surface area contributed by atoms with Gasteiger partial charge in [0.1, 0.15) is 12.4 Å². The smallest absolute Gasteiger partial charge is 0.299 e. The van der Waals surface area contributed by atoms with Crippen LogP contribution in [0.1, 0.15) is 0 Å². The van der Waals surface area contributed by atoms with E-state index in [1.165, 1.54) is 7.11 Å². The highest BCUT2D eigenvalue weighted by molar-refractivity contribution is 7.90. The highest BCUT2D eigenvalue weighted by Crippen LogP contribution is 2.17. The molecule has 1 rings (SSSR count). The van der Waals surface area contributed by atoms with Crippen molar-refractivity contribution < 1.29 is 17.9 Å². The molecule has 0 fully saturated rings. The van der Waals surface area contributed by atoms with E-state index in [0.717, 1.165) is 0 Å². The molecule has 0 spiro atoms. The Morgan fingerprint density at radius 2 is 2.11 bits per heavy atom. The molecule has 0 radical (unpaired) electrons. The second kappa shape index (κ2) is 7.95. The third kappa shape index (κ3) is 6.39. The Kier molecular flexibility index (Phi) is 6.57. The Morgan fingerprint density at radius 3 is 2.79 bits per heavy atom. The van der Waals surface area contributed by atoms with Gasteiger partial charge >= 0.3 is 0 Å². The van der Waals surface area contributed by atoms with Gasteiger partial charge in [0.05, 0.1) is 12.3 Å². The number of nitrogens with two attached hydrogens (primary N) is 1. The van der Waals surface area contributed by atoms with Crippen LogP contribution in [-0.2, 0) is 14.9 Å². The Bertz CT molecular complexity index is 479. The van der Waals surface area contributed by atoms with Crippen LogP contribution in [-0.4, -0.2) is 41.8 Å². The first-order valence-electron chi connectivity index (χ1n) is 5.76. The fraction of sp³-hybridized carbons (Fsp3) is 0.455. The number of benzene rings is 1. The van der Waals surface area contributed by atoms with E-state index in [0.29, 0.717) is 31.2 Å². The molecule has 0 heterocycles. The lowest BCUT2D eigenvalue weighted by Gasteiger charge is -2.10. The predicted molar refractivity (Wildman–Crippen MR) is 73.4 cm³/mol. The first-order valence-corrected chi connectivity index (χ1v) is 7.25. The molecule has 0 aliphatic heterocycles.